The molecule has 0 saturated heterocycles. The molecule has 0 amide bonds. The van der Waals surface area contributed by atoms with Gasteiger partial charge in [0.25, 0.3) is 0 Å². The maximum absolute atomic E-state index is 8.98. The molecule has 2 aromatic carbocycles. The Morgan fingerprint density at radius 2 is 1.58 bits per heavy atom. The van der Waals surface area contributed by atoms with E-state index in [1.165, 1.54) is 0 Å². The highest BCUT2D eigenvalue weighted by molar-refractivity contribution is 6.31. The van der Waals surface area contributed by atoms with Gasteiger partial charge in [0.2, 0.25) is 5.96 Å². The van der Waals surface area contributed by atoms with Gasteiger partial charge in [-0.25, -0.2) is 0 Å². The van der Waals surface area contributed by atoms with Gasteiger partial charge in [0, 0.05) is 21.4 Å². The Morgan fingerprint density at radius 3 is 2.21 bits per heavy atom. The van der Waals surface area contributed by atoms with Crippen molar-refractivity contribution in [2.75, 3.05) is 10.6 Å². The molecule has 6 heteroatoms. The van der Waals surface area contributed by atoms with Crippen molar-refractivity contribution in [3.63, 3.8) is 0 Å². The topological polar surface area (TPSA) is 56.7 Å². The third-order valence-electron chi connectivity index (χ3n) is 2.29. The Hall–Kier alpha value is -1.91. The van der Waals surface area contributed by atoms with Crippen LogP contribution in [0.25, 0.3) is 0 Å². The van der Waals surface area contributed by atoms with Crippen LogP contribution in [0, 0.1) is 0 Å². The van der Waals surface area contributed by atoms with E-state index in [-0.39, 0.29) is 5.96 Å². The van der Waals surface area contributed by atoms with Crippen LogP contribution < -0.4 is 10.6 Å². The van der Waals surface area contributed by atoms with Crippen molar-refractivity contribution in [3.05, 3.63) is 58.6 Å². The summed E-state index contributed by atoms with van der Waals surface area (Å²) in [4.78, 5) is 0. The SMILES string of the molecule is O/N=C(/Nc1ccc(Cl)cc1)Nc1cccc(Cl)c1. The number of oxime groups is 1. The summed E-state index contributed by atoms with van der Waals surface area (Å²) in [6.45, 7) is 0. The molecule has 0 aromatic heterocycles. The van der Waals surface area contributed by atoms with E-state index in [4.69, 9.17) is 28.4 Å². The maximum atomic E-state index is 8.98. The van der Waals surface area contributed by atoms with Gasteiger partial charge in [0.05, 0.1) is 0 Å². The molecule has 0 radical (unpaired) electrons. The Bertz CT molecular complexity index is 585. The Kier molecular flexibility index (Phi) is 4.49. The molecule has 4 nitrogen and oxygen atoms in total. The molecule has 0 aliphatic rings. The molecular formula is C13H11Cl2N3O. The standard InChI is InChI=1S/C13H11Cl2N3O/c14-9-4-6-11(7-5-9)16-13(18-19)17-12-3-1-2-10(15)8-12/h1-8,19H,(H2,16,17,18). The largest absolute Gasteiger partial charge is 0.408 e. The van der Waals surface area contributed by atoms with Gasteiger partial charge in [0.15, 0.2) is 0 Å². The lowest BCUT2D eigenvalue weighted by atomic mass is 10.3. The summed E-state index contributed by atoms with van der Waals surface area (Å²) < 4.78 is 0. The van der Waals surface area contributed by atoms with Crippen molar-refractivity contribution in [1.29, 1.82) is 0 Å². The Balaban J connectivity index is 2.07. The van der Waals surface area contributed by atoms with E-state index in [0.717, 1.165) is 5.69 Å². The monoisotopic (exact) mass is 295 g/mol. The lowest BCUT2D eigenvalue weighted by molar-refractivity contribution is 0.319. The molecule has 0 atom stereocenters. The van der Waals surface area contributed by atoms with Crippen LogP contribution in [0.3, 0.4) is 0 Å². The average molecular weight is 296 g/mol. The lowest BCUT2D eigenvalue weighted by Gasteiger charge is -2.10. The number of nitrogens with zero attached hydrogens (tertiary/aromatic N) is 1. The molecule has 0 bridgehead atoms. The first kappa shape index (κ1) is 13.5. The van der Waals surface area contributed by atoms with Crippen LogP contribution >= 0.6 is 23.2 Å². The smallest absolute Gasteiger partial charge is 0.242 e. The summed E-state index contributed by atoms with van der Waals surface area (Å²) in [5.41, 5.74) is 1.45. The van der Waals surface area contributed by atoms with Crippen LogP contribution in [-0.4, -0.2) is 11.2 Å². The third kappa shape index (κ3) is 4.05. The van der Waals surface area contributed by atoms with Crippen molar-refractivity contribution >= 4 is 40.5 Å². The number of anilines is 2. The molecule has 0 heterocycles. The van der Waals surface area contributed by atoms with Crippen molar-refractivity contribution in [2.45, 2.75) is 0 Å². The number of halogens is 2. The first-order valence-corrected chi connectivity index (χ1v) is 6.20. The second-order valence-electron chi connectivity index (χ2n) is 3.72. The van der Waals surface area contributed by atoms with E-state index in [2.05, 4.69) is 15.8 Å². The molecule has 0 aliphatic heterocycles. The van der Waals surface area contributed by atoms with Crippen LogP contribution in [-0.2, 0) is 0 Å². The predicted molar refractivity (Wildman–Crippen MR) is 79.4 cm³/mol. The zero-order chi connectivity index (χ0) is 13.7. The molecular weight excluding hydrogens is 285 g/mol. The van der Waals surface area contributed by atoms with Gasteiger partial charge in [-0.05, 0) is 42.5 Å². The van der Waals surface area contributed by atoms with Gasteiger partial charge >= 0.3 is 0 Å². The molecule has 0 aliphatic carbocycles. The van der Waals surface area contributed by atoms with Gasteiger partial charge in [-0.2, -0.15) is 0 Å². The van der Waals surface area contributed by atoms with E-state index < -0.39 is 0 Å². The van der Waals surface area contributed by atoms with Crippen LogP contribution in [0.5, 0.6) is 0 Å². The average Bonchev–Trinajstić information content (AvgIpc) is 2.40. The number of rotatable bonds is 2. The fourth-order valence-corrected chi connectivity index (χ4v) is 1.77. The minimum atomic E-state index is 0.185. The van der Waals surface area contributed by atoms with Gasteiger partial charge in [-0.3, -0.25) is 0 Å². The second kappa shape index (κ2) is 6.31. The number of benzene rings is 2. The third-order valence-corrected chi connectivity index (χ3v) is 2.78. The zero-order valence-electron chi connectivity index (χ0n) is 9.77. The fraction of sp³-hybridized carbons (Fsp3) is 0. The molecule has 2 rings (SSSR count). The highest BCUT2D eigenvalue weighted by Gasteiger charge is 2.02. The predicted octanol–water partition coefficient (Wildman–Crippen LogP) is 4.26. The molecule has 3 N–H and O–H groups in total. The normalized spacial score (nSPS) is 11.2. The van der Waals surface area contributed by atoms with Gasteiger partial charge in [-0.15, -0.1) is 0 Å². The zero-order valence-corrected chi connectivity index (χ0v) is 11.3. The van der Waals surface area contributed by atoms with Crippen LogP contribution in [0.1, 0.15) is 0 Å². The van der Waals surface area contributed by atoms with E-state index in [0.29, 0.717) is 15.7 Å². The van der Waals surface area contributed by atoms with E-state index in [9.17, 15) is 0 Å². The van der Waals surface area contributed by atoms with Crippen molar-refractivity contribution in [1.82, 2.24) is 0 Å². The Morgan fingerprint density at radius 1 is 0.895 bits per heavy atom. The highest BCUT2D eigenvalue weighted by Crippen LogP contribution is 2.16. The maximum Gasteiger partial charge on any atom is 0.242 e. The minimum Gasteiger partial charge on any atom is -0.408 e. The number of hydrogen-bond acceptors (Lipinski definition) is 2. The lowest BCUT2D eigenvalue weighted by Crippen LogP contribution is -2.21. The van der Waals surface area contributed by atoms with Crippen LogP contribution in [0.15, 0.2) is 53.7 Å². The fourth-order valence-electron chi connectivity index (χ4n) is 1.45. The quantitative estimate of drug-likeness (QED) is 0.336. The molecule has 0 fully saturated rings. The summed E-state index contributed by atoms with van der Waals surface area (Å²) in [5, 5.41) is 19.2. The molecule has 2 aromatic rings. The summed E-state index contributed by atoms with van der Waals surface area (Å²) in [7, 11) is 0. The first-order chi connectivity index (χ1) is 9.17. The molecule has 0 spiro atoms. The van der Waals surface area contributed by atoms with Crippen LogP contribution in [0.2, 0.25) is 10.0 Å². The van der Waals surface area contributed by atoms with Gasteiger partial charge in [-0.1, -0.05) is 34.4 Å². The summed E-state index contributed by atoms with van der Waals surface area (Å²) >= 11 is 11.7. The van der Waals surface area contributed by atoms with E-state index in [1.54, 1.807) is 48.5 Å². The molecule has 19 heavy (non-hydrogen) atoms. The number of guanidine groups is 1. The first-order valence-electron chi connectivity index (χ1n) is 5.44. The summed E-state index contributed by atoms with van der Waals surface area (Å²) in [6, 6.07) is 14.1. The highest BCUT2D eigenvalue weighted by atomic mass is 35.5. The van der Waals surface area contributed by atoms with E-state index in [1.807, 2.05) is 0 Å². The Labute approximate surface area is 120 Å². The van der Waals surface area contributed by atoms with Gasteiger partial charge < -0.3 is 15.8 Å². The van der Waals surface area contributed by atoms with Crippen LogP contribution in [0.4, 0.5) is 11.4 Å². The minimum absolute atomic E-state index is 0.185. The molecule has 0 saturated carbocycles. The van der Waals surface area contributed by atoms with Crippen molar-refractivity contribution in [2.24, 2.45) is 5.16 Å². The summed E-state index contributed by atoms with van der Waals surface area (Å²) in [6.07, 6.45) is 0. The second-order valence-corrected chi connectivity index (χ2v) is 4.59. The number of nitrogens with one attached hydrogen (secondary N) is 2. The number of hydrogen-bond donors (Lipinski definition) is 3. The molecule has 0 unspecified atom stereocenters. The van der Waals surface area contributed by atoms with Crippen molar-refractivity contribution in [3.8, 4) is 0 Å². The van der Waals surface area contributed by atoms with E-state index >= 15 is 0 Å². The van der Waals surface area contributed by atoms with Gasteiger partial charge in [0.1, 0.15) is 0 Å². The van der Waals surface area contributed by atoms with Crippen molar-refractivity contribution < 1.29 is 5.21 Å². The summed E-state index contributed by atoms with van der Waals surface area (Å²) in [5.74, 6) is 0.185. The molecule has 98 valence electrons.